The van der Waals surface area contributed by atoms with E-state index in [0.717, 1.165) is 4.48 Å². The normalized spacial score (nSPS) is 9.21. The molecule has 14 heavy (non-hydrogen) atoms. The van der Waals surface area contributed by atoms with Crippen molar-refractivity contribution in [2.75, 3.05) is 6.61 Å². The van der Waals surface area contributed by atoms with E-state index >= 15 is 0 Å². The Morgan fingerprint density at radius 2 is 2.36 bits per heavy atom. The maximum absolute atomic E-state index is 8.60. The summed E-state index contributed by atoms with van der Waals surface area (Å²) in [4.78, 5) is 0. The molecular formula is C10H7BrClNO. The molecular weight excluding hydrogens is 265 g/mol. The molecule has 4 heteroatoms. The van der Waals surface area contributed by atoms with E-state index < -0.39 is 0 Å². The monoisotopic (exact) mass is 271 g/mol. The molecule has 0 saturated carbocycles. The van der Waals surface area contributed by atoms with Crippen molar-refractivity contribution in [1.82, 2.24) is 0 Å². The van der Waals surface area contributed by atoms with Crippen LogP contribution in [0.5, 0.6) is 5.75 Å². The van der Waals surface area contributed by atoms with Gasteiger partial charge in [-0.15, -0.1) is 0 Å². The lowest BCUT2D eigenvalue weighted by atomic mass is 10.2. The van der Waals surface area contributed by atoms with Crippen LogP contribution in [-0.2, 0) is 0 Å². The van der Waals surface area contributed by atoms with Crippen LogP contribution in [0.15, 0.2) is 29.3 Å². The third kappa shape index (κ3) is 3.06. The van der Waals surface area contributed by atoms with Crippen molar-refractivity contribution in [3.63, 3.8) is 0 Å². The predicted octanol–water partition coefficient (Wildman–Crippen LogP) is 3.50. The van der Waals surface area contributed by atoms with Crippen molar-refractivity contribution < 1.29 is 4.74 Å². The smallest absolute Gasteiger partial charge is 0.138 e. The molecule has 0 N–H and O–H groups in total. The van der Waals surface area contributed by atoms with Crippen LogP contribution in [0.25, 0.3) is 0 Å². The summed E-state index contributed by atoms with van der Waals surface area (Å²) in [6.07, 6.45) is 0. The molecule has 1 rings (SSSR count). The van der Waals surface area contributed by atoms with Crippen LogP contribution in [-0.4, -0.2) is 6.61 Å². The van der Waals surface area contributed by atoms with Crippen molar-refractivity contribution in [3.05, 3.63) is 39.8 Å². The fourth-order valence-corrected chi connectivity index (χ4v) is 1.19. The van der Waals surface area contributed by atoms with Gasteiger partial charge in [0.1, 0.15) is 12.4 Å². The van der Waals surface area contributed by atoms with Gasteiger partial charge >= 0.3 is 0 Å². The minimum Gasteiger partial charge on any atom is -0.487 e. The minimum absolute atomic E-state index is 0.353. The molecule has 0 heterocycles. The molecule has 0 aromatic heterocycles. The summed E-state index contributed by atoms with van der Waals surface area (Å²) in [6.45, 7) is 3.98. The highest BCUT2D eigenvalue weighted by atomic mass is 79.9. The molecule has 0 radical (unpaired) electrons. The molecule has 1 aromatic rings. The number of hydrogen-bond acceptors (Lipinski definition) is 2. The van der Waals surface area contributed by atoms with E-state index in [1.165, 1.54) is 0 Å². The molecule has 1 aromatic carbocycles. The van der Waals surface area contributed by atoms with E-state index in [4.69, 9.17) is 21.6 Å². The lowest BCUT2D eigenvalue weighted by molar-refractivity contribution is 0.361. The van der Waals surface area contributed by atoms with E-state index in [9.17, 15) is 0 Å². The van der Waals surface area contributed by atoms with E-state index in [-0.39, 0.29) is 0 Å². The summed E-state index contributed by atoms with van der Waals surface area (Å²) < 4.78 is 6.04. The highest BCUT2D eigenvalue weighted by Gasteiger charge is 2.02. The van der Waals surface area contributed by atoms with E-state index in [2.05, 4.69) is 22.5 Å². The van der Waals surface area contributed by atoms with Gasteiger partial charge in [-0.3, -0.25) is 0 Å². The first kappa shape index (κ1) is 11.1. The Balaban J connectivity index is 2.80. The first-order chi connectivity index (χ1) is 6.63. The van der Waals surface area contributed by atoms with Crippen molar-refractivity contribution >= 4 is 27.5 Å². The Hall–Kier alpha value is -0.980. The molecule has 0 atom stereocenters. The highest BCUT2D eigenvalue weighted by molar-refractivity contribution is 9.11. The van der Waals surface area contributed by atoms with Crippen LogP contribution in [0, 0.1) is 11.3 Å². The summed E-state index contributed by atoms with van der Waals surface area (Å²) in [5.41, 5.74) is 0.514. The average Bonchev–Trinajstić information content (AvgIpc) is 2.15. The largest absolute Gasteiger partial charge is 0.487 e. The quantitative estimate of drug-likeness (QED) is 0.844. The van der Waals surface area contributed by atoms with Gasteiger partial charge in [0, 0.05) is 4.48 Å². The lowest BCUT2D eigenvalue weighted by Gasteiger charge is -2.06. The summed E-state index contributed by atoms with van der Waals surface area (Å²) in [5.74, 6) is 0.547. The van der Waals surface area contributed by atoms with Crippen molar-refractivity contribution in [1.29, 1.82) is 5.26 Å². The second-order valence-corrected chi connectivity index (χ2v) is 4.09. The third-order valence-electron chi connectivity index (χ3n) is 1.45. The average molecular weight is 273 g/mol. The minimum atomic E-state index is 0.353. The number of halogens is 2. The highest BCUT2D eigenvalue weighted by Crippen LogP contribution is 2.25. The first-order valence-electron chi connectivity index (χ1n) is 3.79. The molecule has 0 bridgehead atoms. The summed E-state index contributed by atoms with van der Waals surface area (Å²) >= 11 is 9.04. The Kier molecular flexibility index (Phi) is 3.99. The number of hydrogen-bond donors (Lipinski definition) is 0. The van der Waals surface area contributed by atoms with E-state index in [1.54, 1.807) is 18.2 Å². The van der Waals surface area contributed by atoms with E-state index in [0.29, 0.717) is 22.9 Å². The first-order valence-corrected chi connectivity index (χ1v) is 4.96. The summed E-state index contributed by atoms with van der Waals surface area (Å²) in [7, 11) is 0. The number of rotatable bonds is 3. The maximum atomic E-state index is 8.60. The number of benzene rings is 1. The maximum Gasteiger partial charge on any atom is 0.138 e. The molecule has 0 unspecified atom stereocenters. The lowest BCUT2D eigenvalue weighted by Crippen LogP contribution is -1.96. The predicted molar refractivity (Wildman–Crippen MR) is 59.7 cm³/mol. The number of nitriles is 1. The summed E-state index contributed by atoms with van der Waals surface area (Å²) in [6, 6.07) is 6.87. The van der Waals surface area contributed by atoms with Gasteiger partial charge in [0.25, 0.3) is 0 Å². The Morgan fingerprint density at radius 1 is 1.64 bits per heavy atom. The Labute approximate surface area is 95.9 Å². The summed E-state index contributed by atoms with van der Waals surface area (Å²) in [5, 5.41) is 9.03. The van der Waals surface area contributed by atoms with Gasteiger partial charge in [-0.25, -0.2) is 0 Å². The molecule has 72 valence electrons. The SMILES string of the molecule is C=C(Br)COc1ccc(C#N)cc1Cl. The zero-order chi connectivity index (χ0) is 10.6. The van der Waals surface area contributed by atoms with Crippen molar-refractivity contribution in [3.8, 4) is 11.8 Å². The molecule has 0 aliphatic heterocycles. The molecule has 0 aliphatic rings. The number of nitrogens with zero attached hydrogens (tertiary/aromatic N) is 1. The van der Waals surface area contributed by atoms with Gasteiger partial charge in [-0.2, -0.15) is 5.26 Å². The zero-order valence-corrected chi connectivity index (χ0v) is 9.60. The fourth-order valence-electron chi connectivity index (χ4n) is 0.844. The number of ether oxygens (including phenoxy) is 1. The molecule has 0 fully saturated rings. The van der Waals surface area contributed by atoms with Crippen LogP contribution in [0.2, 0.25) is 5.02 Å². The topological polar surface area (TPSA) is 33.0 Å². The van der Waals surface area contributed by atoms with Gasteiger partial charge in [-0.1, -0.05) is 34.1 Å². The van der Waals surface area contributed by atoms with Crippen molar-refractivity contribution in [2.45, 2.75) is 0 Å². The van der Waals surface area contributed by atoms with Gasteiger partial charge in [0.2, 0.25) is 0 Å². The molecule has 0 spiro atoms. The van der Waals surface area contributed by atoms with Crippen molar-refractivity contribution in [2.24, 2.45) is 0 Å². The molecule has 0 aliphatic carbocycles. The Morgan fingerprint density at radius 3 is 2.86 bits per heavy atom. The van der Waals surface area contributed by atoms with Gasteiger partial charge in [-0.05, 0) is 18.2 Å². The zero-order valence-electron chi connectivity index (χ0n) is 7.26. The molecule has 0 saturated heterocycles. The van der Waals surface area contributed by atoms with E-state index in [1.807, 2.05) is 6.07 Å². The second kappa shape index (κ2) is 5.04. The Bertz CT molecular complexity index is 398. The van der Waals surface area contributed by atoms with Crippen LogP contribution < -0.4 is 4.74 Å². The standard InChI is InChI=1S/C10H7BrClNO/c1-7(11)6-14-10-3-2-8(5-13)4-9(10)12/h2-4H,1,6H2. The third-order valence-corrected chi connectivity index (χ3v) is 1.97. The van der Waals surface area contributed by atoms with Crippen LogP contribution in [0.3, 0.4) is 0 Å². The van der Waals surface area contributed by atoms with Crippen LogP contribution >= 0.6 is 27.5 Å². The fraction of sp³-hybridized carbons (Fsp3) is 0.100. The van der Waals surface area contributed by atoms with Gasteiger partial charge < -0.3 is 4.74 Å². The molecule has 2 nitrogen and oxygen atoms in total. The van der Waals surface area contributed by atoms with Gasteiger partial charge in [0.15, 0.2) is 0 Å². The van der Waals surface area contributed by atoms with Crippen LogP contribution in [0.1, 0.15) is 5.56 Å². The van der Waals surface area contributed by atoms with Gasteiger partial charge in [0.05, 0.1) is 16.7 Å². The second-order valence-electron chi connectivity index (χ2n) is 2.56. The molecule has 0 amide bonds. The van der Waals surface area contributed by atoms with Crippen LogP contribution in [0.4, 0.5) is 0 Å².